The van der Waals surface area contributed by atoms with Crippen LogP contribution in [0, 0.1) is 0 Å². The van der Waals surface area contributed by atoms with Gasteiger partial charge in [-0.25, -0.2) is 0 Å². The Bertz CT molecular complexity index is 348. The van der Waals surface area contributed by atoms with Crippen LogP contribution >= 0.6 is 0 Å². The Morgan fingerprint density at radius 1 is 0.294 bits per heavy atom. The maximum atomic E-state index is 7.03. The van der Waals surface area contributed by atoms with E-state index < -0.39 is 0 Å². The van der Waals surface area contributed by atoms with Crippen LogP contribution in [0.4, 0.5) is 0 Å². The first-order chi connectivity index (χ1) is 16.7. The van der Waals surface area contributed by atoms with Crippen molar-refractivity contribution >= 4 is 0 Å². The predicted molar refractivity (Wildman–Crippen MR) is 158 cm³/mol. The van der Waals surface area contributed by atoms with E-state index >= 15 is 0 Å². The van der Waals surface area contributed by atoms with E-state index in [1.165, 1.54) is 186 Å². The number of nitrogens with two attached hydrogens (primary N) is 1. The van der Waals surface area contributed by atoms with Crippen molar-refractivity contribution in [2.24, 2.45) is 5.73 Å². The van der Waals surface area contributed by atoms with Gasteiger partial charge in [-0.15, -0.1) is 0 Å². The van der Waals surface area contributed by atoms with Gasteiger partial charge >= 0.3 is 0 Å². The molecule has 206 valence electrons. The van der Waals surface area contributed by atoms with Crippen LogP contribution in [0.2, 0.25) is 0 Å². The first-order valence-electron chi connectivity index (χ1n) is 16.5. The minimum absolute atomic E-state index is 0.132. The van der Waals surface area contributed by atoms with E-state index in [9.17, 15) is 0 Å². The molecular weight excluding hydrogens is 410 g/mol. The van der Waals surface area contributed by atoms with Crippen LogP contribution in [0.25, 0.3) is 0 Å². The highest BCUT2D eigenvalue weighted by Gasteiger charge is 2.23. The van der Waals surface area contributed by atoms with Gasteiger partial charge in [0.2, 0.25) is 0 Å². The number of hydrogen-bond donors (Lipinski definition) is 1. The van der Waals surface area contributed by atoms with Crippen LogP contribution in [0.1, 0.15) is 207 Å². The molecule has 0 aliphatic carbocycles. The molecule has 2 N–H and O–H groups in total. The predicted octanol–water partition coefficient (Wildman–Crippen LogP) is 12.1. The minimum atomic E-state index is 0.132. The third-order valence-electron chi connectivity index (χ3n) is 8.08. The van der Waals surface area contributed by atoms with E-state index in [1.807, 2.05) is 0 Å². The molecule has 0 aliphatic heterocycles. The number of rotatable bonds is 29. The monoisotopic (exact) mass is 480 g/mol. The average Bonchev–Trinajstić information content (AvgIpc) is 2.84. The van der Waals surface area contributed by atoms with Crippen LogP contribution in [0.15, 0.2) is 0 Å². The number of unbranched alkanes of at least 4 members (excludes halogenated alkanes) is 23. The Balaban J connectivity index is 3.85. The lowest BCUT2D eigenvalue weighted by molar-refractivity contribution is 0.302. The molecule has 0 saturated heterocycles. The largest absolute Gasteiger partial charge is 0.325 e. The maximum absolute atomic E-state index is 7.03. The van der Waals surface area contributed by atoms with Crippen molar-refractivity contribution in [3.8, 4) is 0 Å². The quantitative estimate of drug-likeness (QED) is 0.106. The molecule has 0 spiro atoms. The van der Waals surface area contributed by atoms with Gasteiger partial charge in [0.05, 0.1) is 0 Å². The molecular formula is C33H69N. The van der Waals surface area contributed by atoms with Crippen LogP contribution < -0.4 is 5.73 Å². The summed E-state index contributed by atoms with van der Waals surface area (Å²) in [5, 5.41) is 0. The van der Waals surface area contributed by atoms with E-state index in [2.05, 4.69) is 20.8 Å². The van der Waals surface area contributed by atoms with Crippen molar-refractivity contribution < 1.29 is 0 Å². The standard InChI is InChI=1S/C33H69N/c1-4-7-10-13-16-17-18-19-20-21-22-23-26-29-32-33(34,30-27-24-14-11-8-5-2)31-28-25-15-12-9-6-3/h4-32,34H2,1-3H3. The fourth-order valence-electron chi connectivity index (χ4n) is 5.56. The van der Waals surface area contributed by atoms with Crippen molar-refractivity contribution in [2.45, 2.75) is 213 Å². The van der Waals surface area contributed by atoms with Gasteiger partial charge < -0.3 is 5.73 Å². The summed E-state index contributed by atoms with van der Waals surface area (Å²) in [5.41, 5.74) is 7.16. The molecule has 0 heterocycles. The lowest BCUT2D eigenvalue weighted by Gasteiger charge is -2.30. The van der Waals surface area contributed by atoms with E-state index in [0.29, 0.717) is 0 Å². The highest BCUT2D eigenvalue weighted by molar-refractivity contribution is 4.84. The molecule has 0 bridgehead atoms. The fourth-order valence-corrected chi connectivity index (χ4v) is 5.56. The van der Waals surface area contributed by atoms with Gasteiger partial charge in [0.15, 0.2) is 0 Å². The van der Waals surface area contributed by atoms with Gasteiger partial charge in [-0.1, -0.05) is 188 Å². The van der Waals surface area contributed by atoms with E-state index in [4.69, 9.17) is 5.73 Å². The molecule has 0 aromatic carbocycles. The molecule has 1 nitrogen and oxygen atoms in total. The molecule has 0 rings (SSSR count). The summed E-state index contributed by atoms with van der Waals surface area (Å²) in [4.78, 5) is 0. The minimum Gasteiger partial charge on any atom is -0.325 e. The summed E-state index contributed by atoms with van der Waals surface area (Å²) in [5.74, 6) is 0. The molecule has 1 heteroatoms. The van der Waals surface area contributed by atoms with E-state index in [0.717, 1.165) is 0 Å². The molecule has 34 heavy (non-hydrogen) atoms. The third-order valence-corrected chi connectivity index (χ3v) is 8.08. The topological polar surface area (TPSA) is 26.0 Å². The number of hydrogen-bond acceptors (Lipinski definition) is 1. The summed E-state index contributed by atoms with van der Waals surface area (Å²) in [6.07, 6.45) is 40.7. The Morgan fingerprint density at radius 3 is 0.676 bits per heavy atom. The van der Waals surface area contributed by atoms with Crippen molar-refractivity contribution in [1.29, 1.82) is 0 Å². The molecule has 0 atom stereocenters. The van der Waals surface area contributed by atoms with Crippen molar-refractivity contribution in [1.82, 2.24) is 0 Å². The lowest BCUT2D eigenvalue weighted by Crippen LogP contribution is -2.39. The first-order valence-corrected chi connectivity index (χ1v) is 16.5. The normalized spacial score (nSPS) is 12.0. The molecule has 0 aromatic heterocycles. The van der Waals surface area contributed by atoms with Crippen molar-refractivity contribution in [3.63, 3.8) is 0 Å². The first kappa shape index (κ1) is 34.0. The smallest absolute Gasteiger partial charge is 0.0154 e. The maximum Gasteiger partial charge on any atom is 0.0154 e. The Kier molecular flexibility index (Phi) is 27.5. The molecule has 0 unspecified atom stereocenters. The van der Waals surface area contributed by atoms with E-state index in [-0.39, 0.29) is 5.54 Å². The Labute approximate surface area is 218 Å². The summed E-state index contributed by atoms with van der Waals surface area (Å²) >= 11 is 0. The van der Waals surface area contributed by atoms with Crippen LogP contribution in [0.5, 0.6) is 0 Å². The van der Waals surface area contributed by atoms with Gasteiger partial charge in [-0.2, -0.15) is 0 Å². The van der Waals surface area contributed by atoms with Crippen molar-refractivity contribution in [3.05, 3.63) is 0 Å². The molecule has 0 amide bonds. The van der Waals surface area contributed by atoms with Gasteiger partial charge in [0.1, 0.15) is 0 Å². The van der Waals surface area contributed by atoms with Gasteiger partial charge in [-0.3, -0.25) is 0 Å². The highest BCUT2D eigenvalue weighted by atomic mass is 14.7. The SMILES string of the molecule is CCCCCCCCCCCCCCCCC(N)(CCCCCCCC)CCCCCCCC. The lowest BCUT2D eigenvalue weighted by atomic mass is 9.82. The second kappa shape index (κ2) is 27.5. The van der Waals surface area contributed by atoms with Gasteiger partial charge in [0.25, 0.3) is 0 Å². The average molecular weight is 480 g/mol. The molecule has 0 radical (unpaired) electrons. The molecule has 0 fully saturated rings. The summed E-state index contributed by atoms with van der Waals surface area (Å²) < 4.78 is 0. The summed E-state index contributed by atoms with van der Waals surface area (Å²) in [6, 6.07) is 0. The Hall–Kier alpha value is -0.0400. The van der Waals surface area contributed by atoms with Crippen molar-refractivity contribution in [2.75, 3.05) is 0 Å². The molecule has 0 saturated carbocycles. The van der Waals surface area contributed by atoms with Gasteiger partial charge in [0, 0.05) is 5.54 Å². The molecule has 0 aliphatic rings. The summed E-state index contributed by atoms with van der Waals surface area (Å²) in [6.45, 7) is 6.92. The second-order valence-corrected chi connectivity index (χ2v) is 11.7. The zero-order chi connectivity index (χ0) is 25.0. The zero-order valence-corrected chi connectivity index (χ0v) is 24.6. The summed E-state index contributed by atoms with van der Waals surface area (Å²) in [7, 11) is 0. The zero-order valence-electron chi connectivity index (χ0n) is 24.6. The van der Waals surface area contributed by atoms with Gasteiger partial charge in [-0.05, 0) is 19.3 Å². The van der Waals surface area contributed by atoms with Crippen LogP contribution in [0.3, 0.4) is 0 Å². The highest BCUT2D eigenvalue weighted by Crippen LogP contribution is 2.27. The molecule has 0 aromatic rings. The van der Waals surface area contributed by atoms with Crippen LogP contribution in [-0.2, 0) is 0 Å². The fraction of sp³-hybridized carbons (Fsp3) is 1.00. The third kappa shape index (κ3) is 25.1. The second-order valence-electron chi connectivity index (χ2n) is 11.7. The van der Waals surface area contributed by atoms with Crippen LogP contribution in [-0.4, -0.2) is 5.54 Å². The van der Waals surface area contributed by atoms with E-state index in [1.54, 1.807) is 0 Å². The Morgan fingerprint density at radius 2 is 0.471 bits per heavy atom.